The van der Waals surface area contributed by atoms with Crippen molar-refractivity contribution in [2.24, 2.45) is 0 Å². The number of anilines is 2. The van der Waals surface area contributed by atoms with Crippen molar-refractivity contribution < 1.29 is 13.6 Å². The molecule has 1 aliphatic heterocycles. The van der Waals surface area contributed by atoms with Crippen LogP contribution in [0.1, 0.15) is 16.1 Å². The number of aromatic nitrogens is 1. The highest BCUT2D eigenvalue weighted by atomic mass is 32.1. The summed E-state index contributed by atoms with van der Waals surface area (Å²) >= 11 is 1.40. The number of rotatable bonds is 5. The van der Waals surface area contributed by atoms with Crippen LogP contribution in [0.15, 0.2) is 53.9 Å². The zero-order valence-electron chi connectivity index (χ0n) is 15.6. The molecule has 8 heteroatoms. The number of halogens is 2. The van der Waals surface area contributed by atoms with Gasteiger partial charge in [0.25, 0.3) is 5.91 Å². The Hall–Kier alpha value is -3.00. The zero-order valence-corrected chi connectivity index (χ0v) is 16.5. The first-order chi connectivity index (χ1) is 14.1. The molecule has 0 bridgehead atoms. The van der Waals surface area contributed by atoms with Crippen LogP contribution in [0.25, 0.3) is 0 Å². The molecule has 0 saturated carbocycles. The second-order valence-corrected chi connectivity index (χ2v) is 7.55. The summed E-state index contributed by atoms with van der Waals surface area (Å²) in [7, 11) is 0. The van der Waals surface area contributed by atoms with E-state index in [2.05, 4.69) is 15.2 Å². The molecule has 1 N–H and O–H groups in total. The molecule has 29 heavy (non-hydrogen) atoms. The fourth-order valence-electron chi connectivity index (χ4n) is 3.27. The second kappa shape index (κ2) is 8.57. The largest absolute Gasteiger partial charge is 0.366 e. The van der Waals surface area contributed by atoms with Crippen molar-refractivity contribution in [2.75, 3.05) is 36.0 Å². The lowest BCUT2D eigenvalue weighted by molar-refractivity contribution is 0.0946. The van der Waals surface area contributed by atoms with Crippen molar-refractivity contribution in [1.29, 1.82) is 0 Å². The number of piperazine rings is 1. The van der Waals surface area contributed by atoms with Crippen LogP contribution in [-0.4, -0.2) is 37.1 Å². The van der Waals surface area contributed by atoms with Gasteiger partial charge in [-0.2, -0.15) is 0 Å². The van der Waals surface area contributed by atoms with Gasteiger partial charge in [0, 0.05) is 43.7 Å². The number of nitrogens with zero attached hydrogens (tertiary/aromatic N) is 3. The number of amides is 1. The van der Waals surface area contributed by atoms with Gasteiger partial charge in [-0.1, -0.05) is 30.3 Å². The molecule has 0 radical (unpaired) electrons. The van der Waals surface area contributed by atoms with Crippen molar-refractivity contribution in [3.63, 3.8) is 0 Å². The van der Waals surface area contributed by atoms with Crippen LogP contribution in [0, 0.1) is 11.6 Å². The van der Waals surface area contributed by atoms with Crippen molar-refractivity contribution in [2.45, 2.75) is 6.54 Å². The topological polar surface area (TPSA) is 48.5 Å². The van der Waals surface area contributed by atoms with Crippen molar-refractivity contribution in [3.05, 3.63) is 76.8 Å². The monoisotopic (exact) mass is 414 g/mol. The minimum Gasteiger partial charge on any atom is -0.366 e. The van der Waals surface area contributed by atoms with Gasteiger partial charge in [-0.05, 0) is 18.2 Å². The average Bonchev–Trinajstić information content (AvgIpc) is 3.24. The summed E-state index contributed by atoms with van der Waals surface area (Å²) < 4.78 is 27.6. The molecule has 1 aromatic heterocycles. The maximum atomic E-state index is 14.0. The third kappa shape index (κ3) is 4.37. The van der Waals surface area contributed by atoms with Crippen LogP contribution in [0.5, 0.6) is 0 Å². The molecule has 2 heterocycles. The SMILES string of the molecule is O=C(NCc1ccccc1F)c1csc(N2CCN(c3ccccc3F)CC2)n1. The van der Waals surface area contributed by atoms with Crippen LogP contribution in [0.3, 0.4) is 0 Å². The van der Waals surface area contributed by atoms with E-state index in [-0.39, 0.29) is 24.1 Å². The Morgan fingerprint density at radius 2 is 1.62 bits per heavy atom. The van der Waals surface area contributed by atoms with Crippen LogP contribution in [-0.2, 0) is 6.54 Å². The lowest BCUT2D eigenvalue weighted by Gasteiger charge is -2.36. The summed E-state index contributed by atoms with van der Waals surface area (Å²) in [5, 5.41) is 5.17. The smallest absolute Gasteiger partial charge is 0.271 e. The van der Waals surface area contributed by atoms with Gasteiger partial charge in [-0.3, -0.25) is 4.79 Å². The van der Waals surface area contributed by atoms with Crippen molar-refractivity contribution in [1.82, 2.24) is 10.3 Å². The molecule has 0 atom stereocenters. The first-order valence-electron chi connectivity index (χ1n) is 9.33. The van der Waals surface area contributed by atoms with E-state index in [0.29, 0.717) is 43.1 Å². The summed E-state index contributed by atoms with van der Waals surface area (Å²) in [6, 6.07) is 13.1. The molecule has 0 unspecified atom stereocenters. The fourth-order valence-corrected chi connectivity index (χ4v) is 4.13. The van der Waals surface area contributed by atoms with Crippen LogP contribution < -0.4 is 15.1 Å². The second-order valence-electron chi connectivity index (χ2n) is 6.71. The van der Waals surface area contributed by atoms with Gasteiger partial charge in [0.15, 0.2) is 5.13 Å². The molecule has 5 nitrogen and oxygen atoms in total. The van der Waals surface area contributed by atoms with E-state index < -0.39 is 0 Å². The van der Waals surface area contributed by atoms with Gasteiger partial charge in [-0.15, -0.1) is 11.3 Å². The molecular formula is C21H20F2N4OS. The molecule has 150 valence electrons. The van der Waals surface area contributed by atoms with Gasteiger partial charge >= 0.3 is 0 Å². The first kappa shape index (κ1) is 19.3. The van der Waals surface area contributed by atoms with Gasteiger partial charge in [-0.25, -0.2) is 13.8 Å². The zero-order chi connectivity index (χ0) is 20.2. The molecule has 3 aromatic rings. The Kier molecular flexibility index (Phi) is 5.71. The third-order valence-electron chi connectivity index (χ3n) is 4.87. The van der Waals surface area contributed by atoms with Crippen molar-refractivity contribution in [3.8, 4) is 0 Å². The van der Waals surface area contributed by atoms with Crippen molar-refractivity contribution >= 4 is 28.1 Å². The first-order valence-corrected chi connectivity index (χ1v) is 10.2. The van der Waals surface area contributed by atoms with E-state index >= 15 is 0 Å². The van der Waals surface area contributed by atoms with Gasteiger partial charge < -0.3 is 15.1 Å². The number of benzene rings is 2. The predicted molar refractivity (Wildman–Crippen MR) is 111 cm³/mol. The van der Waals surface area contributed by atoms with Gasteiger partial charge in [0.05, 0.1) is 5.69 Å². The highest BCUT2D eigenvalue weighted by molar-refractivity contribution is 7.13. The minimum atomic E-state index is -0.348. The Morgan fingerprint density at radius 1 is 0.966 bits per heavy atom. The highest BCUT2D eigenvalue weighted by Gasteiger charge is 2.22. The normalized spacial score (nSPS) is 14.1. The van der Waals surface area contributed by atoms with Gasteiger partial charge in [0.1, 0.15) is 17.3 Å². The van der Waals surface area contributed by atoms with E-state index in [9.17, 15) is 13.6 Å². The molecule has 1 aliphatic rings. The summed E-state index contributed by atoms with van der Waals surface area (Å²) in [4.78, 5) is 20.9. The lowest BCUT2D eigenvalue weighted by Crippen LogP contribution is -2.46. The molecular weight excluding hydrogens is 394 g/mol. The molecule has 4 rings (SSSR count). The average molecular weight is 414 g/mol. The number of nitrogens with one attached hydrogen (secondary N) is 1. The molecule has 0 spiro atoms. The summed E-state index contributed by atoms with van der Waals surface area (Å²) in [6.45, 7) is 2.85. The lowest BCUT2D eigenvalue weighted by atomic mass is 10.2. The summed E-state index contributed by atoms with van der Waals surface area (Å²) in [5.74, 6) is -0.899. The van der Waals surface area contributed by atoms with Crippen LogP contribution >= 0.6 is 11.3 Å². The van der Waals surface area contributed by atoms with Crippen LogP contribution in [0.4, 0.5) is 19.6 Å². The Labute approximate surface area is 171 Å². The van der Waals surface area contributed by atoms with E-state index in [1.165, 1.54) is 23.5 Å². The predicted octanol–water partition coefficient (Wildman–Crippen LogP) is 3.68. The number of hydrogen-bond acceptors (Lipinski definition) is 5. The molecule has 1 saturated heterocycles. The summed E-state index contributed by atoms with van der Waals surface area (Å²) in [6.07, 6.45) is 0. The standard InChI is InChI=1S/C21H20F2N4OS/c22-16-6-2-1-5-15(16)13-24-20(28)18-14-29-21(25-18)27-11-9-26(10-12-27)19-8-4-3-7-17(19)23/h1-8,14H,9-13H2,(H,24,28). The minimum absolute atomic E-state index is 0.111. The number of thiazole rings is 1. The number of carbonyl (C=O) groups excluding carboxylic acids is 1. The maximum Gasteiger partial charge on any atom is 0.271 e. The maximum absolute atomic E-state index is 14.0. The van der Waals surface area contributed by atoms with Crippen LogP contribution in [0.2, 0.25) is 0 Å². The number of para-hydroxylation sites is 1. The Bertz CT molecular complexity index is 1000. The van der Waals surface area contributed by atoms with E-state index in [1.807, 2.05) is 11.0 Å². The number of carbonyl (C=O) groups is 1. The van der Waals surface area contributed by atoms with E-state index in [0.717, 1.165) is 5.13 Å². The van der Waals surface area contributed by atoms with Gasteiger partial charge in [0.2, 0.25) is 0 Å². The third-order valence-corrected chi connectivity index (χ3v) is 5.77. The molecule has 1 amide bonds. The fraction of sp³-hybridized carbons (Fsp3) is 0.238. The summed E-state index contributed by atoms with van der Waals surface area (Å²) in [5.41, 5.74) is 1.36. The van der Waals surface area contributed by atoms with E-state index in [4.69, 9.17) is 0 Å². The number of hydrogen-bond donors (Lipinski definition) is 1. The Morgan fingerprint density at radius 3 is 2.34 bits per heavy atom. The Balaban J connectivity index is 1.34. The highest BCUT2D eigenvalue weighted by Crippen LogP contribution is 2.25. The quantitative estimate of drug-likeness (QED) is 0.692. The molecule has 0 aliphatic carbocycles. The molecule has 2 aromatic carbocycles. The van der Waals surface area contributed by atoms with E-state index in [1.54, 1.807) is 35.7 Å². The molecule has 1 fully saturated rings.